The fourth-order valence-electron chi connectivity index (χ4n) is 2.87. The number of nitrogens with zero attached hydrogens (tertiary/aromatic N) is 3. The van der Waals surface area contributed by atoms with Crippen molar-refractivity contribution in [2.24, 2.45) is 5.92 Å². The van der Waals surface area contributed by atoms with E-state index >= 15 is 0 Å². The third-order valence-corrected chi connectivity index (χ3v) is 5.03. The summed E-state index contributed by atoms with van der Waals surface area (Å²) in [6.45, 7) is 4.76. The zero-order valence-corrected chi connectivity index (χ0v) is 16.5. The van der Waals surface area contributed by atoms with E-state index in [-0.39, 0.29) is 6.04 Å². The van der Waals surface area contributed by atoms with Gasteiger partial charge in [-0.25, -0.2) is 15.0 Å². The Balaban J connectivity index is 1.64. The van der Waals surface area contributed by atoms with Crippen LogP contribution in [0.5, 0.6) is 5.88 Å². The zero-order chi connectivity index (χ0) is 18.1. The van der Waals surface area contributed by atoms with Crippen molar-refractivity contribution in [1.82, 2.24) is 15.0 Å². The molecule has 6 heteroatoms. The Hall–Kier alpha value is -2.21. The summed E-state index contributed by atoms with van der Waals surface area (Å²) in [4.78, 5) is 13.5. The highest BCUT2D eigenvalue weighted by atomic mass is 79.9. The molecule has 0 radical (unpaired) electrons. The summed E-state index contributed by atoms with van der Waals surface area (Å²) < 4.78 is 6.89. The highest BCUT2D eigenvalue weighted by Gasteiger charge is 2.22. The molecule has 1 aliphatic rings. The molecule has 4 rings (SSSR count). The number of ether oxygens (including phenoxy) is 1. The molecule has 26 heavy (non-hydrogen) atoms. The largest absolute Gasteiger partial charge is 0.477 e. The van der Waals surface area contributed by atoms with E-state index in [4.69, 9.17) is 4.74 Å². The number of benzene rings is 1. The van der Waals surface area contributed by atoms with Gasteiger partial charge in [0.25, 0.3) is 0 Å². The quantitative estimate of drug-likeness (QED) is 0.612. The second kappa shape index (κ2) is 7.19. The van der Waals surface area contributed by atoms with Gasteiger partial charge in [0.05, 0.1) is 24.4 Å². The van der Waals surface area contributed by atoms with Gasteiger partial charge >= 0.3 is 0 Å². The van der Waals surface area contributed by atoms with E-state index in [1.807, 2.05) is 25.1 Å². The van der Waals surface area contributed by atoms with Crippen molar-refractivity contribution < 1.29 is 4.74 Å². The van der Waals surface area contributed by atoms with Crippen molar-refractivity contribution in [1.29, 1.82) is 0 Å². The van der Waals surface area contributed by atoms with Crippen molar-refractivity contribution >= 4 is 32.7 Å². The predicted molar refractivity (Wildman–Crippen MR) is 106 cm³/mol. The third kappa shape index (κ3) is 3.96. The maximum atomic E-state index is 5.83. The minimum absolute atomic E-state index is 0.106. The Kier molecular flexibility index (Phi) is 4.76. The molecular weight excluding hydrogens is 392 g/mol. The monoisotopic (exact) mass is 412 g/mol. The van der Waals surface area contributed by atoms with Crippen LogP contribution >= 0.6 is 15.9 Å². The summed E-state index contributed by atoms with van der Waals surface area (Å²) in [7, 11) is 0. The first-order chi connectivity index (χ1) is 12.6. The van der Waals surface area contributed by atoms with E-state index in [0.29, 0.717) is 11.8 Å². The van der Waals surface area contributed by atoms with E-state index in [1.54, 1.807) is 6.20 Å². The van der Waals surface area contributed by atoms with Gasteiger partial charge in [-0.3, -0.25) is 0 Å². The summed E-state index contributed by atoms with van der Waals surface area (Å²) in [5.74, 6) is 2.85. The number of halogens is 1. The Bertz CT molecular complexity index is 942. The number of anilines is 1. The van der Waals surface area contributed by atoms with Crippen LogP contribution < -0.4 is 10.1 Å². The van der Waals surface area contributed by atoms with Crippen molar-refractivity contribution in [2.75, 3.05) is 11.9 Å². The van der Waals surface area contributed by atoms with Gasteiger partial charge in [0, 0.05) is 15.9 Å². The topological polar surface area (TPSA) is 59.9 Å². The molecule has 0 unspecified atom stereocenters. The average molecular weight is 413 g/mol. The fourth-order valence-corrected chi connectivity index (χ4v) is 3.29. The van der Waals surface area contributed by atoms with Crippen LogP contribution in [-0.2, 0) is 0 Å². The third-order valence-electron chi connectivity index (χ3n) is 4.53. The molecule has 0 spiro atoms. The molecule has 0 bridgehead atoms. The van der Waals surface area contributed by atoms with Crippen molar-refractivity contribution in [2.45, 2.75) is 32.7 Å². The molecular formula is C20H21BrN4O. The van der Waals surface area contributed by atoms with Gasteiger partial charge in [0.1, 0.15) is 11.6 Å². The van der Waals surface area contributed by atoms with Gasteiger partial charge in [-0.1, -0.05) is 28.1 Å². The molecule has 1 fully saturated rings. The Morgan fingerprint density at radius 2 is 2.12 bits per heavy atom. The number of aromatic nitrogens is 3. The van der Waals surface area contributed by atoms with Gasteiger partial charge < -0.3 is 10.1 Å². The highest BCUT2D eigenvalue weighted by molar-refractivity contribution is 9.10. The summed E-state index contributed by atoms with van der Waals surface area (Å²) in [5.41, 5.74) is 2.00. The average Bonchev–Trinajstić information content (AvgIpc) is 3.44. The van der Waals surface area contributed by atoms with Crippen LogP contribution in [-0.4, -0.2) is 21.6 Å². The standard InChI is InChI=1S/C20H21BrN4O/c1-12(15-4-3-5-16(21)8-15)23-20-17-9-19(26-11-14-6-7-14)22-10-18(17)24-13(2)25-20/h3-5,8-10,12,14H,6-7,11H2,1-2H3,(H,23,24,25)/t12-/m1/s1. The van der Waals surface area contributed by atoms with Crippen LogP contribution in [0, 0.1) is 12.8 Å². The predicted octanol–water partition coefficient (Wildman–Crippen LogP) is 5.06. The van der Waals surface area contributed by atoms with Crippen molar-refractivity contribution in [3.63, 3.8) is 0 Å². The van der Waals surface area contributed by atoms with Crippen LogP contribution in [0.3, 0.4) is 0 Å². The minimum atomic E-state index is 0.106. The first-order valence-corrected chi connectivity index (χ1v) is 9.67. The normalized spacial score (nSPS) is 15.0. The molecule has 1 aromatic carbocycles. The van der Waals surface area contributed by atoms with Gasteiger partial charge in [0.15, 0.2) is 0 Å². The molecule has 0 aliphatic heterocycles. The second-order valence-electron chi connectivity index (χ2n) is 6.83. The molecule has 1 N–H and O–H groups in total. The number of hydrogen-bond donors (Lipinski definition) is 1. The van der Waals surface area contributed by atoms with Gasteiger partial charge in [0.2, 0.25) is 5.88 Å². The lowest BCUT2D eigenvalue weighted by Crippen LogP contribution is -2.10. The van der Waals surface area contributed by atoms with Crippen molar-refractivity contribution in [3.8, 4) is 5.88 Å². The summed E-state index contributed by atoms with van der Waals surface area (Å²) in [6.07, 6.45) is 4.28. The molecule has 2 heterocycles. The van der Waals surface area contributed by atoms with Gasteiger partial charge in [-0.15, -0.1) is 0 Å². The Morgan fingerprint density at radius 3 is 2.88 bits per heavy atom. The van der Waals surface area contributed by atoms with Crippen LogP contribution in [0.2, 0.25) is 0 Å². The highest BCUT2D eigenvalue weighted by Crippen LogP contribution is 2.31. The number of nitrogens with one attached hydrogen (secondary N) is 1. The molecule has 0 amide bonds. The van der Waals surface area contributed by atoms with Crippen LogP contribution in [0.25, 0.3) is 10.9 Å². The molecule has 134 valence electrons. The maximum Gasteiger partial charge on any atom is 0.214 e. The fraction of sp³-hybridized carbons (Fsp3) is 0.350. The SMILES string of the molecule is Cc1nc(N[C@H](C)c2cccc(Br)c2)c2cc(OCC3CC3)ncc2n1. The van der Waals surface area contributed by atoms with Gasteiger partial charge in [-0.05, 0) is 50.3 Å². The van der Waals surface area contributed by atoms with E-state index in [9.17, 15) is 0 Å². The zero-order valence-electron chi connectivity index (χ0n) is 14.9. The second-order valence-corrected chi connectivity index (χ2v) is 7.75. The molecule has 1 aliphatic carbocycles. The molecule has 2 aromatic heterocycles. The van der Waals surface area contributed by atoms with Crippen LogP contribution in [0.1, 0.15) is 37.2 Å². The molecule has 1 saturated carbocycles. The lowest BCUT2D eigenvalue weighted by atomic mass is 10.1. The number of fused-ring (bicyclic) bond motifs is 1. The summed E-state index contributed by atoms with van der Waals surface area (Å²) >= 11 is 3.53. The first kappa shape index (κ1) is 17.2. The minimum Gasteiger partial charge on any atom is -0.477 e. The smallest absolute Gasteiger partial charge is 0.214 e. The Labute approximate surface area is 161 Å². The first-order valence-electron chi connectivity index (χ1n) is 8.87. The lowest BCUT2D eigenvalue weighted by molar-refractivity contribution is 0.289. The lowest BCUT2D eigenvalue weighted by Gasteiger charge is -2.17. The molecule has 5 nitrogen and oxygen atoms in total. The summed E-state index contributed by atoms with van der Waals surface area (Å²) in [6, 6.07) is 10.3. The number of hydrogen-bond acceptors (Lipinski definition) is 5. The molecule has 3 aromatic rings. The summed E-state index contributed by atoms with van der Waals surface area (Å²) in [5, 5.41) is 4.45. The van der Waals surface area contributed by atoms with E-state index in [0.717, 1.165) is 33.6 Å². The maximum absolute atomic E-state index is 5.83. The van der Waals surface area contributed by atoms with E-state index in [1.165, 1.54) is 18.4 Å². The van der Waals surface area contributed by atoms with Crippen molar-refractivity contribution in [3.05, 3.63) is 52.4 Å². The Morgan fingerprint density at radius 1 is 1.27 bits per heavy atom. The number of rotatable bonds is 6. The molecule has 0 saturated heterocycles. The number of aryl methyl sites for hydroxylation is 1. The van der Waals surface area contributed by atoms with E-state index in [2.05, 4.69) is 55.3 Å². The van der Waals surface area contributed by atoms with Gasteiger partial charge in [-0.2, -0.15) is 0 Å². The van der Waals surface area contributed by atoms with Crippen LogP contribution in [0.4, 0.5) is 5.82 Å². The van der Waals surface area contributed by atoms with Crippen LogP contribution in [0.15, 0.2) is 41.0 Å². The number of pyridine rings is 1. The van der Waals surface area contributed by atoms with E-state index < -0.39 is 0 Å². The molecule has 1 atom stereocenters.